The van der Waals surface area contributed by atoms with Crippen LogP contribution < -0.4 is 5.32 Å². The Bertz CT molecular complexity index is 544. The van der Waals surface area contributed by atoms with Crippen LogP contribution in [0.1, 0.15) is 55.7 Å². The average molecular weight is 287 g/mol. The quantitative estimate of drug-likeness (QED) is 0.837. The molecule has 0 saturated carbocycles. The number of amides is 1. The topological polar surface area (TPSA) is 57.8 Å². The van der Waals surface area contributed by atoms with Crippen molar-refractivity contribution in [3.05, 3.63) is 28.9 Å². The Hall–Kier alpha value is -1.58. The van der Waals surface area contributed by atoms with Crippen molar-refractivity contribution < 1.29 is 4.79 Å². The number of fused-ring (bicyclic) bond motifs is 1. The fraction of sp³-hybridized carbons (Fsp3) is 0.647. The molecular weight excluding hydrogens is 262 g/mol. The second-order valence-corrected chi connectivity index (χ2v) is 6.34. The summed E-state index contributed by atoms with van der Waals surface area (Å²) < 4.78 is 0. The number of rotatable bonds is 4. The minimum Gasteiger partial charge on any atom is -0.356 e. The first-order valence-corrected chi connectivity index (χ1v) is 8.22. The molecule has 0 radical (unpaired) electrons. The molecule has 1 aromatic rings. The highest BCUT2D eigenvalue weighted by Crippen LogP contribution is 2.24. The van der Waals surface area contributed by atoms with Crippen molar-refractivity contribution in [1.29, 1.82) is 0 Å². The SMILES string of the molecule is Cc1nc2c([nH]1)C[C@@H](C(=O)NCCC1=CCCCC1)CC2. The molecule has 1 atom stereocenters. The molecule has 0 spiro atoms. The number of allylic oxidation sites excluding steroid dienone is 1. The lowest BCUT2D eigenvalue weighted by Gasteiger charge is -2.21. The molecule has 4 nitrogen and oxygen atoms in total. The summed E-state index contributed by atoms with van der Waals surface area (Å²) in [6.07, 6.45) is 11.1. The summed E-state index contributed by atoms with van der Waals surface area (Å²) >= 11 is 0. The van der Waals surface area contributed by atoms with E-state index in [1.807, 2.05) is 6.92 Å². The third kappa shape index (κ3) is 3.55. The van der Waals surface area contributed by atoms with Crippen LogP contribution in [0.5, 0.6) is 0 Å². The van der Waals surface area contributed by atoms with Gasteiger partial charge in [0.05, 0.1) is 5.69 Å². The monoisotopic (exact) mass is 287 g/mol. The van der Waals surface area contributed by atoms with Crippen LogP contribution in [-0.2, 0) is 17.6 Å². The molecule has 3 rings (SSSR count). The van der Waals surface area contributed by atoms with E-state index in [9.17, 15) is 4.79 Å². The smallest absolute Gasteiger partial charge is 0.223 e. The summed E-state index contributed by atoms with van der Waals surface area (Å²) in [5, 5.41) is 3.12. The molecule has 21 heavy (non-hydrogen) atoms. The molecule has 0 fully saturated rings. The molecule has 1 amide bonds. The Morgan fingerprint density at radius 1 is 1.43 bits per heavy atom. The Morgan fingerprint density at radius 2 is 2.33 bits per heavy atom. The van der Waals surface area contributed by atoms with Gasteiger partial charge in [0.15, 0.2) is 0 Å². The van der Waals surface area contributed by atoms with Gasteiger partial charge >= 0.3 is 0 Å². The van der Waals surface area contributed by atoms with Gasteiger partial charge < -0.3 is 10.3 Å². The van der Waals surface area contributed by atoms with Gasteiger partial charge in [-0.3, -0.25) is 4.79 Å². The van der Waals surface area contributed by atoms with Crippen molar-refractivity contribution in [2.45, 2.75) is 58.3 Å². The van der Waals surface area contributed by atoms with Crippen LogP contribution in [0.15, 0.2) is 11.6 Å². The molecular formula is C17H25N3O. The molecule has 0 aromatic carbocycles. The van der Waals surface area contributed by atoms with Gasteiger partial charge in [0.2, 0.25) is 5.91 Å². The van der Waals surface area contributed by atoms with E-state index in [4.69, 9.17) is 0 Å². The Morgan fingerprint density at radius 3 is 3.14 bits per heavy atom. The van der Waals surface area contributed by atoms with Crippen molar-refractivity contribution in [3.63, 3.8) is 0 Å². The Kier molecular flexibility index (Phi) is 4.42. The van der Waals surface area contributed by atoms with E-state index in [1.54, 1.807) is 0 Å². The summed E-state index contributed by atoms with van der Waals surface area (Å²) in [6, 6.07) is 0. The Labute approximate surface area is 126 Å². The number of nitrogens with zero attached hydrogens (tertiary/aromatic N) is 1. The number of nitrogens with one attached hydrogen (secondary N) is 2. The van der Waals surface area contributed by atoms with Crippen LogP contribution >= 0.6 is 0 Å². The first-order valence-electron chi connectivity index (χ1n) is 8.22. The van der Waals surface area contributed by atoms with Crippen molar-refractivity contribution in [1.82, 2.24) is 15.3 Å². The van der Waals surface area contributed by atoms with Crippen molar-refractivity contribution in [3.8, 4) is 0 Å². The van der Waals surface area contributed by atoms with E-state index in [-0.39, 0.29) is 11.8 Å². The number of aromatic amines is 1. The van der Waals surface area contributed by atoms with Gasteiger partial charge in [-0.2, -0.15) is 0 Å². The maximum atomic E-state index is 12.3. The predicted molar refractivity (Wildman–Crippen MR) is 83.0 cm³/mol. The second kappa shape index (κ2) is 6.46. The molecule has 0 saturated heterocycles. The number of hydrogen-bond donors (Lipinski definition) is 2. The number of imidazole rings is 1. The lowest BCUT2D eigenvalue weighted by molar-refractivity contribution is -0.125. The van der Waals surface area contributed by atoms with Gasteiger partial charge in [-0.1, -0.05) is 11.6 Å². The third-order valence-electron chi connectivity index (χ3n) is 4.66. The average Bonchev–Trinajstić information content (AvgIpc) is 2.87. The fourth-order valence-corrected chi connectivity index (χ4v) is 3.47. The third-order valence-corrected chi connectivity index (χ3v) is 4.66. The summed E-state index contributed by atoms with van der Waals surface area (Å²) in [4.78, 5) is 20.1. The van der Waals surface area contributed by atoms with E-state index in [0.717, 1.165) is 49.4 Å². The minimum atomic E-state index is 0.109. The number of H-pyrrole nitrogens is 1. The lowest BCUT2D eigenvalue weighted by Crippen LogP contribution is -2.34. The highest BCUT2D eigenvalue weighted by molar-refractivity contribution is 5.79. The normalized spacial score (nSPS) is 21.6. The van der Waals surface area contributed by atoms with E-state index in [2.05, 4.69) is 21.4 Å². The standard InChI is InChI=1S/C17H25N3O/c1-12-19-15-8-7-14(11-16(15)20-12)17(21)18-10-9-13-5-3-2-4-6-13/h5,14H,2-4,6-11H2,1H3,(H,18,21)(H,19,20)/t14-/m0/s1. The maximum absolute atomic E-state index is 12.3. The number of carbonyl (C=O) groups excluding carboxylic acids is 1. The summed E-state index contributed by atoms with van der Waals surface area (Å²) in [6.45, 7) is 2.77. The highest BCUT2D eigenvalue weighted by Gasteiger charge is 2.26. The first-order chi connectivity index (χ1) is 10.2. The minimum absolute atomic E-state index is 0.109. The summed E-state index contributed by atoms with van der Waals surface area (Å²) in [7, 11) is 0. The van der Waals surface area contributed by atoms with Crippen molar-refractivity contribution >= 4 is 5.91 Å². The zero-order valence-electron chi connectivity index (χ0n) is 12.9. The van der Waals surface area contributed by atoms with Crippen molar-refractivity contribution in [2.75, 3.05) is 6.54 Å². The first kappa shape index (κ1) is 14.4. The van der Waals surface area contributed by atoms with E-state index < -0.39 is 0 Å². The van der Waals surface area contributed by atoms with Crippen molar-refractivity contribution in [2.24, 2.45) is 5.92 Å². The number of aromatic nitrogens is 2. The maximum Gasteiger partial charge on any atom is 0.223 e. The fourth-order valence-electron chi connectivity index (χ4n) is 3.47. The predicted octanol–water partition coefficient (Wildman–Crippen LogP) is 2.83. The van der Waals surface area contributed by atoms with Gasteiger partial charge in [-0.25, -0.2) is 4.98 Å². The largest absolute Gasteiger partial charge is 0.356 e. The van der Waals surface area contributed by atoms with Gasteiger partial charge in [0.25, 0.3) is 0 Å². The van der Waals surface area contributed by atoms with Crippen LogP contribution in [-0.4, -0.2) is 22.4 Å². The molecule has 4 heteroatoms. The molecule has 0 unspecified atom stereocenters. The molecule has 1 heterocycles. The van der Waals surface area contributed by atoms with Crippen LogP contribution in [0.3, 0.4) is 0 Å². The lowest BCUT2D eigenvalue weighted by atomic mass is 9.89. The number of carbonyl (C=O) groups is 1. The highest BCUT2D eigenvalue weighted by atomic mass is 16.1. The summed E-state index contributed by atoms with van der Waals surface area (Å²) in [5.41, 5.74) is 3.84. The summed E-state index contributed by atoms with van der Waals surface area (Å²) in [5.74, 6) is 1.28. The van der Waals surface area contributed by atoms with Crippen LogP contribution in [0, 0.1) is 12.8 Å². The molecule has 0 aliphatic heterocycles. The van der Waals surface area contributed by atoms with Crippen LogP contribution in [0.25, 0.3) is 0 Å². The molecule has 2 aliphatic carbocycles. The second-order valence-electron chi connectivity index (χ2n) is 6.34. The zero-order chi connectivity index (χ0) is 14.7. The van der Waals surface area contributed by atoms with Gasteiger partial charge in [0, 0.05) is 24.6 Å². The van der Waals surface area contributed by atoms with E-state index >= 15 is 0 Å². The molecule has 0 bridgehead atoms. The van der Waals surface area contributed by atoms with Gasteiger partial charge in [-0.05, 0) is 51.9 Å². The number of aryl methyl sites for hydroxylation is 2. The van der Waals surface area contributed by atoms with Gasteiger partial charge in [-0.15, -0.1) is 0 Å². The molecule has 1 aromatic heterocycles. The van der Waals surface area contributed by atoms with E-state index in [0.29, 0.717) is 0 Å². The van der Waals surface area contributed by atoms with Gasteiger partial charge in [0.1, 0.15) is 5.82 Å². The van der Waals surface area contributed by atoms with E-state index in [1.165, 1.54) is 31.3 Å². The molecule has 2 aliphatic rings. The zero-order valence-corrected chi connectivity index (χ0v) is 12.9. The Balaban J connectivity index is 1.47. The van der Waals surface area contributed by atoms with Crippen LogP contribution in [0.2, 0.25) is 0 Å². The number of hydrogen-bond acceptors (Lipinski definition) is 2. The van der Waals surface area contributed by atoms with Crippen LogP contribution in [0.4, 0.5) is 0 Å². The molecule has 114 valence electrons. The molecule has 2 N–H and O–H groups in total.